The largest absolute Gasteiger partial charge is 0.367 e. The van der Waals surface area contributed by atoms with Crippen molar-refractivity contribution in [2.75, 3.05) is 11.4 Å². The van der Waals surface area contributed by atoms with Crippen LogP contribution in [0.5, 0.6) is 0 Å². The number of thiazole rings is 1. The third-order valence-corrected chi connectivity index (χ3v) is 5.20. The van der Waals surface area contributed by atoms with Gasteiger partial charge in [0.1, 0.15) is 5.01 Å². The van der Waals surface area contributed by atoms with Gasteiger partial charge in [0.2, 0.25) is 5.91 Å². The molecule has 0 saturated heterocycles. The van der Waals surface area contributed by atoms with Gasteiger partial charge in [-0.1, -0.05) is 42.5 Å². The molecule has 0 aliphatic rings. The summed E-state index contributed by atoms with van der Waals surface area (Å²) in [6.45, 7) is 5.86. The van der Waals surface area contributed by atoms with Crippen molar-refractivity contribution in [3.05, 3.63) is 81.8 Å². The highest BCUT2D eigenvalue weighted by molar-refractivity contribution is 7.09. The second-order valence-electron chi connectivity index (χ2n) is 6.44. The first-order valence-corrected chi connectivity index (χ1v) is 10.1. The minimum Gasteiger partial charge on any atom is -0.367 e. The fourth-order valence-electron chi connectivity index (χ4n) is 2.80. The molecule has 3 aromatic rings. The maximum absolute atomic E-state index is 11.9. The van der Waals surface area contributed by atoms with E-state index in [1.165, 1.54) is 16.9 Å². The molecule has 1 amide bonds. The predicted molar refractivity (Wildman–Crippen MR) is 116 cm³/mol. The Kier molecular flexibility index (Phi) is 6.92. The molecule has 1 heterocycles. The molecule has 5 nitrogen and oxygen atoms in total. The van der Waals surface area contributed by atoms with Crippen LogP contribution in [0.3, 0.4) is 0 Å². The minimum atomic E-state index is -0.165. The lowest BCUT2D eigenvalue weighted by atomic mass is 10.1. The zero-order chi connectivity index (χ0) is 19.8. The highest BCUT2D eigenvalue weighted by Crippen LogP contribution is 2.17. The van der Waals surface area contributed by atoms with E-state index in [9.17, 15) is 4.79 Å². The van der Waals surface area contributed by atoms with Crippen LogP contribution in [0.25, 0.3) is 0 Å². The van der Waals surface area contributed by atoms with E-state index < -0.39 is 0 Å². The summed E-state index contributed by atoms with van der Waals surface area (Å²) in [7, 11) is 0. The van der Waals surface area contributed by atoms with Crippen LogP contribution in [0.2, 0.25) is 0 Å². The second-order valence-corrected chi connectivity index (χ2v) is 7.39. The van der Waals surface area contributed by atoms with Gasteiger partial charge in [-0.15, -0.1) is 11.3 Å². The summed E-state index contributed by atoms with van der Waals surface area (Å²) in [4.78, 5) is 18.5. The van der Waals surface area contributed by atoms with Crippen molar-refractivity contribution in [3.63, 3.8) is 0 Å². The minimum absolute atomic E-state index is 0.165. The van der Waals surface area contributed by atoms with Crippen LogP contribution in [-0.4, -0.2) is 23.7 Å². The maximum atomic E-state index is 11.9. The third kappa shape index (κ3) is 5.76. The number of amides is 1. The topological polar surface area (TPSA) is 57.6 Å². The number of hydrogen-bond donors (Lipinski definition) is 1. The Morgan fingerprint density at radius 3 is 2.57 bits per heavy atom. The predicted octanol–water partition coefficient (Wildman–Crippen LogP) is 4.17. The van der Waals surface area contributed by atoms with Gasteiger partial charge in [-0.3, -0.25) is 4.79 Å². The molecular weight excluding hydrogens is 368 g/mol. The molecule has 1 N–H and O–H groups in total. The summed E-state index contributed by atoms with van der Waals surface area (Å²) in [5.74, 6) is -0.165. The van der Waals surface area contributed by atoms with Crippen molar-refractivity contribution >= 4 is 29.1 Å². The zero-order valence-electron chi connectivity index (χ0n) is 16.1. The summed E-state index contributed by atoms with van der Waals surface area (Å²) >= 11 is 1.49. The first kappa shape index (κ1) is 19.8. The molecule has 144 valence electrons. The summed E-state index contributed by atoms with van der Waals surface area (Å²) < 4.78 is 0. The fourth-order valence-corrected chi connectivity index (χ4v) is 3.57. The van der Waals surface area contributed by atoms with Crippen LogP contribution in [-0.2, 0) is 17.8 Å². The molecule has 0 bridgehead atoms. The standard InChI is InChI=1S/C22H24N4OS/c1-3-26(15-19-7-5-4-6-8-19)20-11-9-18(10-12-20)14-23-25-21(27)13-22-24-17(2)16-28-22/h4-12,14,16H,3,13,15H2,1-2H3,(H,25,27)/b23-14-. The lowest BCUT2D eigenvalue weighted by Crippen LogP contribution is -2.21. The van der Waals surface area contributed by atoms with Crippen LogP contribution in [0.1, 0.15) is 28.8 Å². The second kappa shape index (κ2) is 9.80. The summed E-state index contributed by atoms with van der Waals surface area (Å²) in [6, 6.07) is 18.6. The molecule has 0 aliphatic heterocycles. The van der Waals surface area contributed by atoms with Gasteiger partial charge >= 0.3 is 0 Å². The first-order valence-electron chi connectivity index (χ1n) is 9.26. The molecule has 3 rings (SSSR count). The molecule has 0 unspecified atom stereocenters. The Balaban J connectivity index is 1.54. The van der Waals surface area contributed by atoms with Crippen LogP contribution in [0.4, 0.5) is 5.69 Å². The van der Waals surface area contributed by atoms with Crippen molar-refractivity contribution in [1.82, 2.24) is 10.4 Å². The van der Waals surface area contributed by atoms with Gasteiger partial charge in [0.05, 0.1) is 12.6 Å². The lowest BCUT2D eigenvalue weighted by molar-refractivity contribution is -0.120. The number of hydrogen-bond acceptors (Lipinski definition) is 5. The SMILES string of the molecule is CCN(Cc1ccccc1)c1ccc(/C=N\NC(=O)Cc2nc(C)cs2)cc1. The van der Waals surface area contributed by atoms with Crippen LogP contribution in [0.15, 0.2) is 65.1 Å². The van der Waals surface area contributed by atoms with Gasteiger partial charge in [-0.05, 0) is 37.1 Å². The van der Waals surface area contributed by atoms with Crippen molar-refractivity contribution in [1.29, 1.82) is 0 Å². The number of carbonyl (C=O) groups excluding carboxylic acids is 1. The van der Waals surface area contributed by atoms with Crippen LogP contribution in [0, 0.1) is 6.92 Å². The average Bonchev–Trinajstić information content (AvgIpc) is 3.12. The van der Waals surface area contributed by atoms with Crippen molar-refractivity contribution in [3.8, 4) is 0 Å². The van der Waals surface area contributed by atoms with Crippen molar-refractivity contribution < 1.29 is 4.79 Å². The van der Waals surface area contributed by atoms with E-state index in [1.807, 2.05) is 30.5 Å². The molecule has 0 aliphatic carbocycles. The normalized spacial score (nSPS) is 10.9. The van der Waals surface area contributed by atoms with Gasteiger partial charge in [0.15, 0.2) is 0 Å². The number of carbonyl (C=O) groups is 1. The van der Waals surface area contributed by atoms with Gasteiger partial charge in [-0.25, -0.2) is 10.4 Å². The number of benzene rings is 2. The lowest BCUT2D eigenvalue weighted by Gasteiger charge is -2.23. The Labute approximate surface area is 169 Å². The van der Waals surface area contributed by atoms with Gasteiger partial charge in [0, 0.05) is 29.9 Å². The van der Waals surface area contributed by atoms with Gasteiger partial charge in [-0.2, -0.15) is 5.10 Å². The highest BCUT2D eigenvalue weighted by atomic mass is 32.1. The molecule has 0 spiro atoms. The number of hydrazone groups is 1. The Morgan fingerprint density at radius 2 is 1.93 bits per heavy atom. The van der Waals surface area contributed by atoms with Gasteiger partial charge in [0.25, 0.3) is 0 Å². The van der Waals surface area contributed by atoms with E-state index in [4.69, 9.17) is 0 Å². The molecule has 1 aromatic heterocycles. The van der Waals surface area contributed by atoms with Crippen molar-refractivity contribution in [2.45, 2.75) is 26.8 Å². The summed E-state index contributed by atoms with van der Waals surface area (Å²) in [6.07, 6.45) is 1.90. The molecule has 6 heteroatoms. The quantitative estimate of drug-likeness (QED) is 0.462. The molecule has 0 atom stereocenters. The van der Waals surface area contributed by atoms with E-state index in [0.717, 1.165) is 35.0 Å². The maximum Gasteiger partial charge on any atom is 0.246 e. The third-order valence-electron chi connectivity index (χ3n) is 4.24. The molecular formula is C22H24N4OS. The van der Waals surface area contributed by atoms with E-state index in [2.05, 4.69) is 63.7 Å². The number of aromatic nitrogens is 1. The molecule has 2 aromatic carbocycles. The van der Waals surface area contributed by atoms with Crippen molar-refractivity contribution in [2.24, 2.45) is 5.10 Å². The van der Waals surface area contributed by atoms with Crippen LogP contribution >= 0.6 is 11.3 Å². The fraction of sp³-hybridized carbons (Fsp3) is 0.227. The number of anilines is 1. The molecule has 28 heavy (non-hydrogen) atoms. The summed E-state index contributed by atoms with van der Waals surface area (Å²) in [5.41, 5.74) is 6.87. The molecule has 0 saturated carbocycles. The van der Waals surface area contributed by atoms with E-state index in [1.54, 1.807) is 6.21 Å². The summed E-state index contributed by atoms with van der Waals surface area (Å²) in [5, 5.41) is 6.78. The Hall–Kier alpha value is -2.99. The number of rotatable bonds is 8. The Bertz CT molecular complexity index is 919. The number of nitrogens with one attached hydrogen (secondary N) is 1. The Morgan fingerprint density at radius 1 is 1.18 bits per heavy atom. The highest BCUT2D eigenvalue weighted by Gasteiger charge is 2.06. The van der Waals surface area contributed by atoms with E-state index in [-0.39, 0.29) is 12.3 Å². The number of aryl methyl sites for hydroxylation is 1. The average molecular weight is 393 g/mol. The monoisotopic (exact) mass is 392 g/mol. The number of nitrogens with zero attached hydrogens (tertiary/aromatic N) is 3. The smallest absolute Gasteiger partial charge is 0.246 e. The molecule has 0 fully saturated rings. The molecule has 0 radical (unpaired) electrons. The first-order chi connectivity index (χ1) is 13.6. The van der Waals surface area contributed by atoms with E-state index in [0.29, 0.717) is 0 Å². The van der Waals surface area contributed by atoms with E-state index >= 15 is 0 Å². The van der Waals surface area contributed by atoms with Gasteiger partial charge < -0.3 is 4.90 Å². The zero-order valence-corrected chi connectivity index (χ0v) is 16.9. The van der Waals surface area contributed by atoms with Crippen LogP contribution < -0.4 is 10.3 Å².